The Balaban J connectivity index is 2.58. The highest BCUT2D eigenvalue weighted by Gasteiger charge is 2.22. The Morgan fingerprint density at radius 2 is 2.33 bits per heavy atom. The van der Waals surface area contributed by atoms with Gasteiger partial charge in [0.2, 0.25) is 0 Å². The fraction of sp³-hybridized carbons (Fsp3) is 0.600. The van der Waals surface area contributed by atoms with E-state index in [1.807, 2.05) is 0 Å². The van der Waals surface area contributed by atoms with Gasteiger partial charge in [0.15, 0.2) is 0 Å². The zero-order valence-electron chi connectivity index (χ0n) is 7.81. The van der Waals surface area contributed by atoms with Gasteiger partial charge >= 0.3 is 0 Å². The first-order valence-electron chi connectivity index (χ1n) is 4.34. The topological polar surface area (TPSA) is 3.24 Å². The largest absolute Gasteiger partial charge is 0.299 e. The number of hydrogen-bond acceptors (Lipinski definition) is 1. The van der Waals surface area contributed by atoms with Crippen LogP contribution in [0, 0.1) is 0 Å². The molecule has 1 atom stereocenters. The summed E-state index contributed by atoms with van der Waals surface area (Å²) >= 11 is 0. The van der Waals surface area contributed by atoms with Crippen LogP contribution >= 0.6 is 0 Å². The second kappa shape index (κ2) is 3.85. The van der Waals surface area contributed by atoms with E-state index in [-0.39, 0.29) is 5.83 Å². The normalized spacial score (nSPS) is 26.2. The van der Waals surface area contributed by atoms with E-state index >= 15 is 0 Å². The van der Waals surface area contributed by atoms with Gasteiger partial charge in [0.05, 0.1) is 5.83 Å². The first-order valence-corrected chi connectivity index (χ1v) is 4.34. The molecule has 0 spiro atoms. The second-order valence-corrected chi connectivity index (χ2v) is 3.44. The summed E-state index contributed by atoms with van der Waals surface area (Å²) in [6, 6.07) is 0.357. The Kier molecular flexibility index (Phi) is 3.04. The molecule has 2 heteroatoms. The van der Waals surface area contributed by atoms with E-state index in [2.05, 4.69) is 18.5 Å². The van der Waals surface area contributed by atoms with Crippen LogP contribution in [0.3, 0.4) is 0 Å². The maximum Gasteiger partial charge on any atom is 0.0971 e. The van der Waals surface area contributed by atoms with E-state index in [4.69, 9.17) is 0 Å². The van der Waals surface area contributed by atoms with Crippen LogP contribution in [0.5, 0.6) is 0 Å². The molecule has 1 fully saturated rings. The lowest BCUT2D eigenvalue weighted by atomic mass is 10.1. The van der Waals surface area contributed by atoms with Gasteiger partial charge in [-0.1, -0.05) is 6.58 Å². The molecule has 0 aromatic heterocycles. The minimum absolute atomic E-state index is 0.153. The van der Waals surface area contributed by atoms with Crippen molar-refractivity contribution in [1.29, 1.82) is 0 Å². The van der Waals surface area contributed by atoms with Crippen molar-refractivity contribution in [1.82, 2.24) is 4.90 Å². The Labute approximate surface area is 73.6 Å². The smallest absolute Gasteiger partial charge is 0.0971 e. The molecular weight excluding hydrogens is 153 g/mol. The summed E-state index contributed by atoms with van der Waals surface area (Å²) in [5.74, 6) is -0.153. The van der Waals surface area contributed by atoms with Gasteiger partial charge in [-0.2, -0.15) is 0 Å². The van der Waals surface area contributed by atoms with E-state index in [0.29, 0.717) is 6.04 Å². The number of rotatable bonds is 2. The third kappa shape index (κ3) is 2.18. The Bertz CT molecular complexity index is 204. The number of hydrogen-bond donors (Lipinski definition) is 0. The standard InChI is InChI=1S/C10H16FN/c1-8(7-9(2)11)10-5-4-6-12(10)3/h7,10H,1,4-6H2,2-3H3/b9-7+/t10-/m1/s1. The lowest BCUT2D eigenvalue weighted by Crippen LogP contribution is -2.25. The fourth-order valence-electron chi connectivity index (χ4n) is 1.73. The monoisotopic (exact) mass is 169 g/mol. The van der Waals surface area contributed by atoms with Gasteiger partial charge < -0.3 is 0 Å². The summed E-state index contributed by atoms with van der Waals surface area (Å²) < 4.78 is 12.5. The number of likely N-dealkylation sites (tertiary alicyclic amines) is 1. The third-order valence-corrected chi connectivity index (χ3v) is 2.33. The molecule has 0 bridgehead atoms. The molecule has 1 heterocycles. The van der Waals surface area contributed by atoms with Crippen LogP contribution in [0.2, 0.25) is 0 Å². The predicted molar refractivity (Wildman–Crippen MR) is 49.7 cm³/mol. The molecule has 12 heavy (non-hydrogen) atoms. The third-order valence-electron chi connectivity index (χ3n) is 2.33. The zero-order chi connectivity index (χ0) is 9.14. The highest BCUT2D eigenvalue weighted by molar-refractivity contribution is 5.23. The van der Waals surface area contributed by atoms with Crippen LogP contribution in [0.4, 0.5) is 4.39 Å². The molecule has 0 aromatic rings. The van der Waals surface area contributed by atoms with E-state index in [1.54, 1.807) is 0 Å². The van der Waals surface area contributed by atoms with E-state index in [1.165, 1.54) is 19.4 Å². The second-order valence-electron chi connectivity index (χ2n) is 3.44. The summed E-state index contributed by atoms with van der Waals surface area (Å²) in [7, 11) is 2.06. The first kappa shape index (κ1) is 9.46. The summed E-state index contributed by atoms with van der Waals surface area (Å²) in [5, 5.41) is 0. The molecule has 0 aromatic carbocycles. The van der Waals surface area contributed by atoms with Crippen LogP contribution in [-0.2, 0) is 0 Å². The number of nitrogens with zero attached hydrogens (tertiary/aromatic N) is 1. The molecular formula is C10H16FN. The van der Waals surface area contributed by atoms with Crippen LogP contribution in [0.25, 0.3) is 0 Å². The van der Waals surface area contributed by atoms with Gasteiger partial charge in [0.1, 0.15) is 0 Å². The van der Waals surface area contributed by atoms with Crippen molar-refractivity contribution in [2.45, 2.75) is 25.8 Å². The van der Waals surface area contributed by atoms with Crippen molar-refractivity contribution in [3.63, 3.8) is 0 Å². The molecule has 0 unspecified atom stereocenters. The fourth-order valence-corrected chi connectivity index (χ4v) is 1.73. The first-order chi connectivity index (χ1) is 5.61. The molecule has 1 nitrogen and oxygen atoms in total. The molecule has 0 amide bonds. The Morgan fingerprint density at radius 3 is 2.75 bits per heavy atom. The summed E-state index contributed by atoms with van der Waals surface area (Å²) in [5.41, 5.74) is 0.898. The average Bonchev–Trinajstić information content (AvgIpc) is 2.33. The van der Waals surface area contributed by atoms with E-state index < -0.39 is 0 Å². The Morgan fingerprint density at radius 1 is 1.67 bits per heavy atom. The minimum Gasteiger partial charge on any atom is -0.299 e. The van der Waals surface area contributed by atoms with Crippen LogP contribution < -0.4 is 0 Å². The zero-order valence-corrected chi connectivity index (χ0v) is 7.81. The molecule has 68 valence electrons. The molecule has 0 N–H and O–H groups in total. The lowest BCUT2D eigenvalue weighted by Gasteiger charge is -2.19. The molecule has 0 saturated carbocycles. The molecule has 0 aliphatic carbocycles. The van der Waals surface area contributed by atoms with Gasteiger partial charge in [-0.15, -0.1) is 0 Å². The number of allylic oxidation sites excluding steroid dienone is 1. The molecule has 1 aliphatic heterocycles. The average molecular weight is 169 g/mol. The molecule has 0 radical (unpaired) electrons. The highest BCUT2D eigenvalue weighted by Crippen LogP contribution is 2.22. The Hall–Kier alpha value is -0.630. The van der Waals surface area contributed by atoms with Crippen molar-refractivity contribution in [3.05, 3.63) is 24.1 Å². The van der Waals surface area contributed by atoms with Crippen LogP contribution in [0.15, 0.2) is 24.1 Å². The molecule has 1 rings (SSSR count). The van der Waals surface area contributed by atoms with E-state index in [0.717, 1.165) is 18.5 Å². The van der Waals surface area contributed by atoms with Crippen LogP contribution in [0.1, 0.15) is 19.8 Å². The van der Waals surface area contributed by atoms with Crippen molar-refractivity contribution in [2.24, 2.45) is 0 Å². The maximum absolute atomic E-state index is 12.5. The predicted octanol–water partition coefficient (Wildman–Crippen LogP) is 2.51. The van der Waals surface area contributed by atoms with Crippen molar-refractivity contribution in [3.8, 4) is 0 Å². The van der Waals surface area contributed by atoms with Gasteiger partial charge in [-0.3, -0.25) is 4.90 Å². The van der Waals surface area contributed by atoms with Crippen molar-refractivity contribution in [2.75, 3.05) is 13.6 Å². The van der Waals surface area contributed by atoms with Gasteiger partial charge in [-0.05, 0) is 45.0 Å². The summed E-state index contributed by atoms with van der Waals surface area (Å²) in [6.07, 6.45) is 3.84. The van der Waals surface area contributed by atoms with Gasteiger partial charge in [0, 0.05) is 6.04 Å². The lowest BCUT2D eigenvalue weighted by molar-refractivity contribution is 0.348. The van der Waals surface area contributed by atoms with E-state index in [9.17, 15) is 4.39 Å². The van der Waals surface area contributed by atoms with Gasteiger partial charge in [0.25, 0.3) is 0 Å². The SMILES string of the molecule is C=C(/C=C(\C)F)[C@H]1CCCN1C. The summed E-state index contributed by atoms with van der Waals surface area (Å²) in [4.78, 5) is 2.22. The summed E-state index contributed by atoms with van der Waals surface area (Å²) in [6.45, 7) is 6.43. The number of likely N-dealkylation sites (N-methyl/N-ethyl adjacent to an activating group) is 1. The maximum atomic E-state index is 12.5. The molecule has 1 saturated heterocycles. The van der Waals surface area contributed by atoms with Crippen LogP contribution in [-0.4, -0.2) is 24.5 Å². The minimum atomic E-state index is -0.153. The highest BCUT2D eigenvalue weighted by atomic mass is 19.1. The van der Waals surface area contributed by atoms with Gasteiger partial charge in [-0.25, -0.2) is 4.39 Å². The number of halogens is 1. The van der Waals surface area contributed by atoms with Crippen molar-refractivity contribution >= 4 is 0 Å². The quantitative estimate of drug-likeness (QED) is 0.574. The van der Waals surface area contributed by atoms with Crippen molar-refractivity contribution < 1.29 is 4.39 Å². The molecule has 1 aliphatic rings.